The number of hydrogen-bond acceptors (Lipinski definition) is 2. The van der Waals surface area contributed by atoms with E-state index in [2.05, 4.69) is 0 Å². The fourth-order valence-electron chi connectivity index (χ4n) is 2.03. The second-order valence-corrected chi connectivity index (χ2v) is 4.96. The fraction of sp³-hybridized carbons (Fsp3) is 0.500. The van der Waals surface area contributed by atoms with E-state index in [9.17, 15) is 4.79 Å². The molecule has 1 rings (SSSR count). The van der Waals surface area contributed by atoms with Crippen LogP contribution in [-0.4, -0.2) is 11.9 Å². The van der Waals surface area contributed by atoms with Gasteiger partial charge >= 0.3 is 0 Å². The summed E-state index contributed by atoms with van der Waals surface area (Å²) < 4.78 is 0. The van der Waals surface area contributed by atoms with E-state index in [0.717, 1.165) is 12.0 Å². The molecule has 1 aromatic carbocycles. The number of halogens is 1. The van der Waals surface area contributed by atoms with Gasteiger partial charge in [-0.15, -0.1) is 12.4 Å². The Morgan fingerprint density at radius 3 is 2.33 bits per heavy atom. The van der Waals surface area contributed by atoms with Crippen LogP contribution in [0.25, 0.3) is 0 Å². The van der Waals surface area contributed by atoms with Crippen LogP contribution < -0.4 is 11.5 Å². The lowest BCUT2D eigenvalue weighted by molar-refractivity contribution is -0.127. The third-order valence-corrected chi connectivity index (χ3v) is 3.27. The Labute approximate surface area is 115 Å². The summed E-state index contributed by atoms with van der Waals surface area (Å²) in [5, 5.41) is 0. The van der Waals surface area contributed by atoms with Crippen molar-refractivity contribution in [1.82, 2.24) is 0 Å². The third-order valence-electron chi connectivity index (χ3n) is 3.27. The first-order valence-electron chi connectivity index (χ1n) is 6.07. The highest BCUT2D eigenvalue weighted by Gasteiger charge is 2.32. The Kier molecular flexibility index (Phi) is 6.96. The van der Waals surface area contributed by atoms with E-state index in [1.165, 1.54) is 0 Å². The van der Waals surface area contributed by atoms with Crippen molar-refractivity contribution in [1.29, 1.82) is 0 Å². The number of amides is 1. The van der Waals surface area contributed by atoms with E-state index in [0.29, 0.717) is 12.8 Å². The molecular formula is C14H23ClN2O. The maximum Gasteiger partial charge on any atom is 0.223 e. The molecule has 2 atom stereocenters. The minimum atomic E-state index is -0.559. The van der Waals surface area contributed by atoms with Crippen molar-refractivity contribution in [2.75, 3.05) is 0 Å². The summed E-state index contributed by atoms with van der Waals surface area (Å²) in [6.45, 7) is 3.92. The van der Waals surface area contributed by atoms with Crippen LogP contribution in [-0.2, 0) is 11.2 Å². The average molecular weight is 271 g/mol. The summed E-state index contributed by atoms with van der Waals surface area (Å²) in [7, 11) is 0. The van der Waals surface area contributed by atoms with Crippen LogP contribution in [0.2, 0.25) is 0 Å². The van der Waals surface area contributed by atoms with Crippen molar-refractivity contribution in [3.05, 3.63) is 35.9 Å². The van der Waals surface area contributed by atoms with Crippen LogP contribution in [0.15, 0.2) is 30.3 Å². The molecule has 4 heteroatoms. The Balaban J connectivity index is 0.00000289. The van der Waals surface area contributed by atoms with Gasteiger partial charge in [0, 0.05) is 6.04 Å². The molecule has 0 heterocycles. The summed E-state index contributed by atoms with van der Waals surface area (Å²) in [6.07, 6.45) is 2.14. The molecular weight excluding hydrogens is 248 g/mol. The summed E-state index contributed by atoms with van der Waals surface area (Å²) in [6, 6.07) is 9.95. The monoisotopic (exact) mass is 270 g/mol. The fourth-order valence-corrected chi connectivity index (χ4v) is 2.03. The number of hydrogen-bond donors (Lipinski definition) is 2. The first kappa shape index (κ1) is 16.9. The van der Waals surface area contributed by atoms with Crippen LogP contribution in [0.4, 0.5) is 0 Å². The van der Waals surface area contributed by atoms with Gasteiger partial charge in [-0.05, 0) is 24.8 Å². The highest BCUT2D eigenvalue weighted by molar-refractivity contribution is 5.85. The quantitative estimate of drug-likeness (QED) is 0.833. The molecule has 0 aromatic heterocycles. The maximum absolute atomic E-state index is 11.6. The van der Waals surface area contributed by atoms with Crippen LogP contribution in [0.5, 0.6) is 0 Å². The summed E-state index contributed by atoms with van der Waals surface area (Å²) in [4.78, 5) is 11.6. The zero-order valence-electron chi connectivity index (χ0n) is 11.1. The maximum atomic E-state index is 11.6. The molecule has 0 fully saturated rings. The molecule has 1 aromatic rings. The second kappa shape index (κ2) is 7.39. The van der Waals surface area contributed by atoms with Crippen LogP contribution in [0, 0.1) is 5.41 Å². The van der Waals surface area contributed by atoms with Gasteiger partial charge in [0.25, 0.3) is 0 Å². The molecule has 3 nitrogen and oxygen atoms in total. The standard InChI is InChI=1S/C14H22N2O.ClH/c1-3-12(15)10-14(2,13(16)17)9-11-7-5-4-6-8-11;/h4-8,12H,3,9-10,15H2,1-2H3,(H2,16,17);1H. The van der Waals surface area contributed by atoms with E-state index >= 15 is 0 Å². The molecule has 4 N–H and O–H groups in total. The largest absolute Gasteiger partial charge is 0.369 e. The zero-order valence-corrected chi connectivity index (χ0v) is 11.9. The lowest BCUT2D eigenvalue weighted by Crippen LogP contribution is -2.41. The van der Waals surface area contributed by atoms with E-state index in [1.54, 1.807) is 0 Å². The van der Waals surface area contributed by atoms with Gasteiger partial charge in [0.2, 0.25) is 5.91 Å². The molecule has 102 valence electrons. The normalized spacial score (nSPS) is 15.3. The van der Waals surface area contributed by atoms with Crippen molar-refractivity contribution in [2.45, 2.75) is 39.2 Å². The van der Waals surface area contributed by atoms with Gasteiger partial charge in [-0.3, -0.25) is 4.79 Å². The Morgan fingerprint density at radius 2 is 1.89 bits per heavy atom. The molecule has 1 amide bonds. The molecule has 0 aliphatic carbocycles. The van der Waals surface area contributed by atoms with Crippen molar-refractivity contribution in [2.24, 2.45) is 16.9 Å². The molecule has 2 unspecified atom stereocenters. The molecule has 0 aliphatic heterocycles. The molecule has 0 saturated carbocycles. The van der Waals surface area contributed by atoms with E-state index < -0.39 is 5.41 Å². The number of carbonyl (C=O) groups excluding carboxylic acids is 1. The van der Waals surface area contributed by atoms with Crippen molar-refractivity contribution < 1.29 is 4.79 Å². The van der Waals surface area contributed by atoms with Gasteiger partial charge in [0.1, 0.15) is 0 Å². The predicted octanol–water partition coefficient (Wildman–Crippen LogP) is 2.27. The Bertz CT molecular complexity index is 369. The van der Waals surface area contributed by atoms with Crippen molar-refractivity contribution in [3.8, 4) is 0 Å². The van der Waals surface area contributed by atoms with Crippen LogP contribution in [0.1, 0.15) is 32.3 Å². The summed E-state index contributed by atoms with van der Waals surface area (Å²) in [5.74, 6) is -0.273. The van der Waals surface area contributed by atoms with Gasteiger partial charge < -0.3 is 11.5 Å². The van der Waals surface area contributed by atoms with E-state index in [-0.39, 0.29) is 24.4 Å². The van der Waals surface area contributed by atoms with E-state index in [1.807, 2.05) is 44.2 Å². The average Bonchev–Trinajstić information content (AvgIpc) is 2.29. The molecule has 0 radical (unpaired) electrons. The first-order valence-corrected chi connectivity index (χ1v) is 6.07. The molecule has 0 aliphatic rings. The van der Waals surface area contributed by atoms with E-state index in [4.69, 9.17) is 11.5 Å². The van der Waals surface area contributed by atoms with Gasteiger partial charge in [0.05, 0.1) is 5.41 Å². The molecule has 0 saturated heterocycles. The SMILES string of the molecule is CCC(N)CC(C)(Cc1ccccc1)C(N)=O.Cl. The number of primary amides is 1. The van der Waals surface area contributed by atoms with Crippen LogP contribution >= 0.6 is 12.4 Å². The highest BCUT2D eigenvalue weighted by atomic mass is 35.5. The van der Waals surface area contributed by atoms with Gasteiger partial charge in [-0.1, -0.05) is 44.2 Å². The number of rotatable bonds is 6. The number of nitrogens with two attached hydrogens (primary N) is 2. The summed E-state index contributed by atoms with van der Waals surface area (Å²) >= 11 is 0. The Morgan fingerprint density at radius 1 is 1.33 bits per heavy atom. The molecule has 0 bridgehead atoms. The third kappa shape index (κ3) is 4.67. The number of benzene rings is 1. The Hall–Kier alpha value is -1.06. The second-order valence-electron chi connectivity index (χ2n) is 4.96. The molecule has 0 spiro atoms. The molecule has 18 heavy (non-hydrogen) atoms. The highest BCUT2D eigenvalue weighted by Crippen LogP contribution is 2.28. The van der Waals surface area contributed by atoms with Crippen molar-refractivity contribution >= 4 is 18.3 Å². The topological polar surface area (TPSA) is 69.1 Å². The van der Waals surface area contributed by atoms with Gasteiger partial charge in [-0.2, -0.15) is 0 Å². The van der Waals surface area contributed by atoms with Crippen molar-refractivity contribution in [3.63, 3.8) is 0 Å². The van der Waals surface area contributed by atoms with Gasteiger partial charge in [0.15, 0.2) is 0 Å². The van der Waals surface area contributed by atoms with Gasteiger partial charge in [-0.25, -0.2) is 0 Å². The lowest BCUT2D eigenvalue weighted by Gasteiger charge is -2.28. The van der Waals surface area contributed by atoms with Crippen LogP contribution in [0.3, 0.4) is 0 Å². The lowest BCUT2D eigenvalue weighted by atomic mass is 9.77. The predicted molar refractivity (Wildman–Crippen MR) is 77.6 cm³/mol. The first-order chi connectivity index (χ1) is 7.98. The number of carbonyl (C=O) groups is 1. The minimum absolute atomic E-state index is 0. The smallest absolute Gasteiger partial charge is 0.223 e. The summed E-state index contributed by atoms with van der Waals surface area (Å²) in [5.41, 5.74) is 12.0. The minimum Gasteiger partial charge on any atom is -0.369 e. The zero-order chi connectivity index (χ0) is 12.9.